The van der Waals surface area contributed by atoms with Crippen LogP contribution >= 0.6 is 0 Å². The molecule has 1 saturated carbocycles. The van der Waals surface area contributed by atoms with Gasteiger partial charge in [-0.15, -0.1) is 0 Å². The molecule has 2 rings (SSSR count). The van der Waals surface area contributed by atoms with E-state index >= 15 is 0 Å². The molecule has 0 amide bonds. The van der Waals surface area contributed by atoms with Crippen molar-refractivity contribution in [1.82, 2.24) is 0 Å². The summed E-state index contributed by atoms with van der Waals surface area (Å²) in [5, 5.41) is 0. The Morgan fingerprint density at radius 2 is 1.88 bits per heavy atom. The van der Waals surface area contributed by atoms with E-state index in [1.54, 1.807) is 0 Å². The zero-order chi connectivity index (χ0) is 11.6. The van der Waals surface area contributed by atoms with E-state index in [-0.39, 0.29) is 11.6 Å². The quantitative estimate of drug-likeness (QED) is 0.387. The molecule has 0 N–H and O–H groups in total. The second-order valence-corrected chi connectivity index (χ2v) is 4.92. The second-order valence-electron chi connectivity index (χ2n) is 4.92. The average Bonchev–Trinajstić information content (AvgIpc) is 2.95. The van der Waals surface area contributed by atoms with Crippen LogP contribution in [0.15, 0.2) is 0 Å². The number of epoxide rings is 1. The number of ether oxygens (including phenoxy) is 2. The van der Waals surface area contributed by atoms with E-state index in [0.717, 1.165) is 25.7 Å². The van der Waals surface area contributed by atoms with Crippen LogP contribution in [0.25, 0.3) is 0 Å². The second kappa shape index (κ2) is 4.10. The van der Waals surface area contributed by atoms with Gasteiger partial charge in [-0.1, -0.05) is 18.3 Å². The van der Waals surface area contributed by atoms with Gasteiger partial charge in [-0.25, -0.2) is 0 Å². The summed E-state index contributed by atoms with van der Waals surface area (Å²) in [5.41, 5.74) is -0.830. The number of hydrogen-bond acceptors (Lipinski definition) is 3. The van der Waals surface area contributed by atoms with Crippen molar-refractivity contribution < 1.29 is 14.3 Å². The zero-order valence-electron chi connectivity index (χ0n) is 9.97. The summed E-state index contributed by atoms with van der Waals surface area (Å²) in [6.07, 6.45) is 5.09. The summed E-state index contributed by atoms with van der Waals surface area (Å²) in [7, 11) is 0. The fourth-order valence-electron chi connectivity index (χ4n) is 2.08. The minimum atomic E-state index is -0.543. The summed E-state index contributed by atoms with van der Waals surface area (Å²) in [6.45, 7) is 4.10. The Labute approximate surface area is 96.5 Å². The van der Waals surface area contributed by atoms with Crippen LogP contribution < -0.4 is 0 Å². The molecular formula is C13H18O3. The molecule has 0 aromatic heterocycles. The van der Waals surface area contributed by atoms with Crippen molar-refractivity contribution in [3.05, 3.63) is 0 Å². The van der Waals surface area contributed by atoms with E-state index in [9.17, 15) is 4.79 Å². The van der Waals surface area contributed by atoms with Gasteiger partial charge in [0.2, 0.25) is 0 Å². The smallest absolute Gasteiger partial charge is 0.304 e. The fourth-order valence-corrected chi connectivity index (χ4v) is 2.08. The van der Waals surface area contributed by atoms with E-state index in [0.29, 0.717) is 6.61 Å². The first-order valence-corrected chi connectivity index (χ1v) is 5.92. The van der Waals surface area contributed by atoms with Crippen molar-refractivity contribution in [2.45, 2.75) is 57.2 Å². The van der Waals surface area contributed by atoms with Crippen LogP contribution in [0.2, 0.25) is 0 Å². The maximum Gasteiger partial charge on any atom is 0.304 e. The fraction of sp³-hybridized carbons (Fsp3) is 0.769. The predicted octanol–water partition coefficient (Wildman–Crippen LogP) is 2.04. The Kier molecular flexibility index (Phi) is 2.94. The molecule has 0 bridgehead atoms. The van der Waals surface area contributed by atoms with Gasteiger partial charge in [0.25, 0.3) is 0 Å². The lowest BCUT2D eigenvalue weighted by Crippen LogP contribution is -2.35. The Balaban J connectivity index is 2.11. The molecule has 0 spiro atoms. The van der Waals surface area contributed by atoms with Crippen molar-refractivity contribution in [2.24, 2.45) is 0 Å². The van der Waals surface area contributed by atoms with Crippen LogP contribution in [0, 0.1) is 11.8 Å². The van der Waals surface area contributed by atoms with Crippen molar-refractivity contribution >= 4 is 5.97 Å². The molecule has 0 radical (unpaired) electrons. The van der Waals surface area contributed by atoms with Crippen LogP contribution in [0.1, 0.15) is 46.0 Å². The van der Waals surface area contributed by atoms with Crippen molar-refractivity contribution in [1.29, 1.82) is 0 Å². The highest BCUT2D eigenvalue weighted by Crippen LogP contribution is 2.32. The topological polar surface area (TPSA) is 38.8 Å². The third-order valence-corrected chi connectivity index (χ3v) is 3.13. The predicted molar refractivity (Wildman–Crippen MR) is 59.7 cm³/mol. The lowest BCUT2D eigenvalue weighted by Gasteiger charge is -2.31. The maximum atomic E-state index is 11.1. The van der Waals surface area contributed by atoms with Gasteiger partial charge >= 0.3 is 5.97 Å². The van der Waals surface area contributed by atoms with Crippen LogP contribution in [0.5, 0.6) is 0 Å². The first-order valence-electron chi connectivity index (χ1n) is 5.92. The Morgan fingerprint density at radius 1 is 1.25 bits per heavy atom. The van der Waals surface area contributed by atoms with Gasteiger partial charge < -0.3 is 9.47 Å². The van der Waals surface area contributed by atoms with Gasteiger partial charge in [0.15, 0.2) is 5.60 Å². The van der Waals surface area contributed by atoms with Crippen molar-refractivity contribution in [3.63, 3.8) is 0 Å². The molecule has 3 nitrogen and oxygen atoms in total. The summed E-state index contributed by atoms with van der Waals surface area (Å²) < 4.78 is 10.7. The third-order valence-electron chi connectivity index (χ3n) is 3.13. The SMILES string of the molecule is CC(=O)OC1(C#CC2(C)CO2)CCCCC1. The molecular weight excluding hydrogens is 204 g/mol. The Hall–Kier alpha value is -1.01. The van der Waals surface area contributed by atoms with Crippen LogP contribution in [0.4, 0.5) is 0 Å². The summed E-state index contributed by atoms with van der Waals surface area (Å²) in [6, 6.07) is 0. The molecule has 2 fully saturated rings. The van der Waals surface area contributed by atoms with Gasteiger partial charge in [-0.2, -0.15) is 0 Å². The monoisotopic (exact) mass is 222 g/mol. The average molecular weight is 222 g/mol. The lowest BCUT2D eigenvalue weighted by molar-refractivity contribution is -0.153. The molecule has 0 aromatic carbocycles. The largest absolute Gasteiger partial charge is 0.446 e. The van der Waals surface area contributed by atoms with Gasteiger partial charge in [0.05, 0.1) is 6.61 Å². The van der Waals surface area contributed by atoms with Crippen molar-refractivity contribution in [3.8, 4) is 11.8 Å². The highest BCUT2D eigenvalue weighted by molar-refractivity contribution is 5.67. The van der Waals surface area contributed by atoms with Gasteiger partial charge in [-0.05, 0) is 32.6 Å². The lowest BCUT2D eigenvalue weighted by atomic mass is 9.84. The van der Waals surface area contributed by atoms with Gasteiger partial charge in [-0.3, -0.25) is 4.79 Å². The van der Waals surface area contributed by atoms with E-state index in [1.807, 2.05) is 6.92 Å². The molecule has 1 saturated heterocycles. The Morgan fingerprint density at radius 3 is 2.38 bits per heavy atom. The number of esters is 1. The Bertz CT molecular complexity index is 338. The normalized spacial score (nSPS) is 31.1. The van der Waals surface area contributed by atoms with E-state index in [2.05, 4.69) is 11.8 Å². The molecule has 0 aromatic rings. The number of hydrogen-bond donors (Lipinski definition) is 0. The molecule has 88 valence electrons. The highest BCUT2D eigenvalue weighted by atomic mass is 16.6. The van der Waals surface area contributed by atoms with E-state index in [4.69, 9.17) is 9.47 Å². The molecule has 1 atom stereocenters. The first kappa shape index (κ1) is 11.5. The summed E-state index contributed by atoms with van der Waals surface area (Å²) >= 11 is 0. The minimum Gasteiger partial charge on any atom is -0.446 e. The maximum absolute atomic E-state index is 11.1. The standard InChI is InChI=1S/C13H18O3/c1-11(14)16-13(6-4-3-5-7-13)9-8-12(2)10-15-12/h3-7,10H2,1-2H3. The summed E-state index contributed by atoms with van der Waals surface area (Å²) in [5.74, 6) is 6.01. The van der Waals surface area contributed by atoms with E-state index < -0.39 is 5.60 Å². The molecule has 1 unspecified atom stereocenters. The first-order chi connectivity index (χ1) is 7.54. The zero-order valence-corrected chi connectivity index (χ0v) is 9.97. The van der Waals surface area contributed by atoms with Gasteiger partial charge in [0.1, 0.15) is 5.60 Å². The highest BCUT2D eigenvalue weighted by Gasteiger charge is 2.39. The van der Waals surface area contributed by atoms with Crippen LogP contribution in [-0.4, -0.2) is 23.8 Å². The van der Waals surface area contributed by atoms with Gasteiger partial charge in [0, 0.05) is 6.92 Å². The molecule has 1 heterocycles. The van der Waals surface area contributed by atoms with Crippen molar-refractivity contribution in [2.75, 3.05) is 6.61 Å². The van der Waals surface area contributed by atoms with Crippen LogP contribution in [-0.2, 0) is 14.3 Å². The molecule has 1 aliphatic heterocycles. The van der Waals surface area contributed by atoms with E-state index in [1.165, 1.54) is 13.3 Å². The summed E-state index contributed by atoms with van der Waals surface area (Å²) in [4.78, 5) is 11.1. The number of carbonyl (C=O) groups is 1. The molecule has 16 heavy (non-hydrogen) atoms. The molecule has 1 aliphatic carbocycles. The molecule has 3 heteroatoms. The number of rotatable bonds is 1. The van der Waals surface area contributed by atoms with Crippen LogP contribution in [0.3, 0.4) is 0 Å². The minimum absolute atomic E-state index is 0.238. The number of carbonyl (C=O) groups excluding carboxylic acids is 1. The molecule has 2 aliphatic rings. The third kappa shape index (κ3) is 2.76.